The van der Waals surface area contributed by atoms with E-state index in [0.29, 0.717) is 10.4 Å². The lowest BCUT2D eigenvalue weighted by Gasteiger charge is -2.04. The molecule has 1 aromatic rings. The monoisotopic (exact) mass is 243 g/mol. The highest BCUT2D eigenvalue weighted by molar-refractivity contribution is 9.10. The van der Waals surface area contributed by atoms with Crippen LogP contribution in [0.2, 0.25) is 0 Å². The van der Waals surface area contributed by atoms with E-state index in [1.807, 2.05) is 0 Å². The Morgan fingerprint density at radius 2 is 2.23 bits per heavy atom. The predicted molar refractivity (Wildman–Crippen MR) is 54.1 cm³/mol. The molecule has 0 atom stereocenters. The number of halogens is 1. The van der Waals surface area contributed by atoms with Crippen LogP contribution in [0.15, 0.2) is 27.3 Å². The van der Waals surface area contributed by atoms with Crippen LogP contribution in [0.4, 0.5) is 0 Å². The number of rotatable bonds is 2. The van der Waals surface area contributed by atoms with E-state index in [2.05, 4.69) is 15.9 Å². The fourth-order valence-electron chi connectivity index (χ4n) is 0.720. The second-order valence-corrected chi connectivity index (χ2v) is 3.49. The van der Waals surface area contributed by atoms with Gasteiger partial charge in [-0.2, -0.15) is 0 Å². The van der Waals surface area contributed by atoms with Gasteiger partial charge in [-0.25, -0.2) is 0 Å². The lowest BCUT2D eigenvalue weighted by molar-refractivity contribution is -0.123. The number of carbonyl (C=O) groups excluding carboxylic acids is 1. The van der Waals surface area contributed by atoms with E-state index in [1.54, 1.807) is 32.3 Å². The molecule has 1 rings (SSSR count). The summed E-state index contributed by atoms with van der Waals surface area (Å²) in [5, 5.41) is 0. The van der Waals surface area contributed by atoms with E-state index in [4.69, 9.17) is 4.42 Å². The van der Waals surface area contributed by atoms with E-state index in [-0.39, 0.29) is 5.91 Å². The molecule has 0 radical (unpaired) electrons. The van der Waals surface area contributed by atoms with Crippen molar-refractivity contribution in [2.45, 2.75) is 0 Å². The van der Waals surface area contributed by atoms with Gasteiger partial charge < -0.3 is 9.32 Å². The van der Waals surface area contributed by atoms with E-state index >= 15 is 0 Å². The average molecular weight is 244 g/mol. The summed E-state index contributed by atoms with van der Waals surface area (Å²) in [4.78, 5) is 12.6. The Balaban J connectivity index is 2.64. The lowest BCUT2D eigenvalue weighted by Crippen LogP contribution is -2.18. The Morgan fingerprint density at radius 1 is 1.54 bits per heavy atom. The van der Waals surface area contributed by atoms with Gasteiger partial charge in [-0.05, 0) is 34.1 Å². The lowest BCUT2D eigenvalue weighted by atomic mass is 10.4. The molecule has 0 fully saturated rings. The van der Waals surface area contributed by atoms with Gasteiger partial charge in [-0.15, -0.1) is 0 Å². The highest BCUT2D eigenvalue weighted by Gasteiger charge is 1.98. The molecule has 0 aliphatic rings. The number of likely N-dealkylation sites (N-methyl/N-ethyl adjacent to an activating group) is 1. The maximum absolute atomic E-state index is 11.1. The molecule has 3 nitrogen and oxygen atoms in total. The third kappa shape index (κ3) is 3.06. The Bertz CT molecular complexity index is 328. The molecule has 1 amide bonds. The SMILES string of the molecule is CN(C)C(=O)C=Cc1ccc(Br)o1. The van der Waals surface area contributed by atoms with Crippen LogP contribution >= 0.6 is 15.9 Å². The topological polar surface area (TPSA) is 33.5 Å². The van der Waals surface area contributed by atoms with Crippen LogP contribution in [0.3, 0.4) is 0 Å². The molecular formula is C9H10BrNO2. The van der Waals surface area contributed by atoms with Gasteiger partial charge in [0.2, 0.25) is 5.91 Å². The molecular weight excluding hydrogens is 234 g/mol. The Kier molecular flexibility index (Phi) is 3.31. The van der Waals surface area contributed by atoms with Crippen LogP contribution < -0.4 is 0 Å². The van der Waals surface area contributed by atoms with Crippen molar-refractivity contribution in [1.29, 1.82) is 0 Å². The zero-order valence-electron chi connectivity index (χ0n) is 7.45. The summed E-state index contributed by atoms with van der Waals surface area (Å²) in [6.45, 7) is 0. The van der Waals surface area contributed by atoms with Crippen LogP contribution in [0.1, 0.15) is 5.76 Å². The Hall–Kier alpha value is -1.03. The summed E-state index contributed by atoms with van der Waals surface area (Å²) < 4.78 is 5.83. The van der Waals surface area contributed by atoms with Crippen LogP contribution in [0.5, 0.6) is 0 Å². The average Bonchev–Trinajstić information content (AvgIpc) is 2.47. The third-order valence-corrected chi connectivity index (χ3v) is 1.85. The van der Waals surface area contributed by atoms with Crippen molar-refractivity contribution in [2.24, 2.45) is 0 Å². The molecule has 70 valence electrons. The van der Waals surface area contributed by atoms with E-state index in [9.17, 15) is 4.79 Å². The van der Waals surface area contributed by atoms with Crippen molar-refractivity contribution in [2.75, 3.05) is 14.1 Å². The van der Waals surface area contributed by atoms with Crippen molar-refractivity contribution in [3.8, 4) is 0 Å². The standard InChI is InChI=1S/C9H10BrNO2/c1-11(2)9(12)6-4-7-3-5-8(10)13-7/h3-6H,1-2H3. The van der Waals surface area contributed by atoms with Crippen molar-refractivity contribution in [3.63, 3.8) is 0 Å². The molecule has 1 heterocycles. The maximum atomic E-state index is 11.1. The van der Waals surface area contributed by atoms with Crippen molar-refractivity contribution in [3.05, 3.63) is 28.6 Å². The second-order valence-electron chi connectivity index (χ2n) is 2.71. The van der Waals surface area contributed by atoms with E-state index in [0.717, 1.165) is 0 Å². The van der Waals surface area contributed by atoms with E-state index in [1.165, 1.54) is 11.0 Å². The molecule has 0 saturated heterocycles. The summed E-state index contributed by atoms with van der Waals surface area (Å²) in [7, 11) is 3.40. The molecule has 4 heteroatoms. The van der Waals surface area contributed by atoms with E-state index < -0.39 is 0 Å². The minimum atomic E-state index is -0.0625. The summed E-state index contributed by atoms with van der Waals surface area (Å²) >= 11 is 3.17. The van der Waals surface area contributed by atoms with Crippen molar-refractivity contribution in [1.82, 2.24) is 4.90 Å². The third-order valence-electron chi connectivity index (χ3n) is 1.42. The van der Waals surface area contributed by atoms with Gasteiger partial charge >= 0.3 is 0 Å². The smallest absolute Gasteiger partial charge is 0.246 e. The molecule has 0 aliphatic carbocycles. The zero-order valence-corrected chi connectivity index (χ0v) is 9.04. The molecule has 0 unspecified atom stereocenters. The summed E-state index contributed by atoms with van der Waals surface area (Å²) in [6, 6.07) is 3.56. The number of amides is 1. The Morgan fingerprint density at radius 3 is 2.69 bits per heavy atom. The van der Waals surface area contributed by atoms with Gasteiger partial charge in [-0.3, -0.25) is 4.79 Å². The molecule has 1 aromatic heterocycles. The fraction of sp³-hybridized carbons (Fsp3) is 0.222. The Labute approximate surface area is 85.1 Å². The normalized spacial score (nSPS) is 10.7. The molecule has 0 saturated carbocycles. The number of furan rings is 1. The molecule has 0 bridgehead atoms. The van der Waals surface area contributed by atoms with Gasteiger partial charge in [0.25, 0.3) is 0 Å². The van der Waals surface area contributed by atoms with Crippen LogP contribution in [0, 0.1) is 0 Å². The number of hydrogen-bond donors (Lipinski definition) is 0. The van der Waals surface area contributed by atoms with Gasteiger partial charge in [0.1, 0.15) is 5.76 Å². The van der Waals surface area contributed by atoms with Crippen molar-refractivity contribution >= 4 is 27.9 Å². The number of nitrogens with zero attached hydrogens (tertiary/aromatic N) is 1. The minimum Gasteiger partial charge on any atom is -0.450 e. The summed E-state index contributed by atoms with van der Waals surface area (Å²) in [6.07, 6.45) is 3.10. The highest BCUT2D eigenvalue weighted by Crippen LogP contribution is 2.14. The minimum absolute atomic E-state index is 0.0625. The number of carbonyl (C=O) groups is 1. The molecule has 0 N–H and O–H groups in total. The van der Waals surface area contributed by atoms with Crippen LogP contribution in [-0.4, -0.2) is 24.9 Å². The first kappa shape index (κ1) is 10.1. The second kappa shape index (κ2) is 4.28. The van der Waals surface area contributed by atoms with Crippen molar-refractivity contribution < 1.29 is 9.21 Å². The first-order valence-electron chi connectivity index (χ1n) is 3.74. The van der Waals surface area contributed by atoms with Gasteiger partial charge in [-0.1, -0.05) is 0 Å². The van der Waals surface area contributed by atoms with Crippen LogP contribution in [0.25, 0.3) is 6.08 Å². The maximum Gasteiger partial charge on any atom is 0.246 e. The fourth-order valence-corrected chi connectivity index (χ4v) is 1.04. The first-order chi connectivity index (χ1) is 6.09. The summed E-state index contributed by atoms with van der Waals surface area (Å²) in [5.41, 5.74) is 0. The number of hydrogen-bond acceptors (Lipinski definition) is 2. The zero-order chi connectivity index (χ0) is 9.84. The predicted octanol–water partition coefficient (Wildman–Crippen LogP) is 2.14. The molecule has 0 spiro atoms. The highest BCUT2D eigenvalue weighted by atomic mass is 79.9. The largest absolute Gasteiger partial charge is 0.450 e. The van der Waals surface area contributed by atoms with Gasteiger partial charge in [0, 0.05) is 20.2 Å². The van der Waals surface area contributed by atoms with Gasteiger partial charge in [0.05, 0.1) is 0 Å². The molecule has 13 heavy (non-hydrogen) atoms. The molecule has 0 aliphatic heterocycles. The van der Waals surface area contributed by atoms with Crippen LogP contribution in [-0.2, 0) is 4.79 Å². The first-order valence-corrected chi connectivity index (χ1v) is 4.53. The quantitative estimate of drug-likeness (QED) is 0.747. The van der Waals surface area contributed by atoms with Gasteiger partial charge in [0.15, 0.2) is 4.67 Å². The molecule has 0 aromatic carbocycles. The summed E-state index contributed by atoms with van der Waals surface area (Å²) in [5.74, 6) is 0.592.